The molecule has 140 valence electrons. The van der Waals surface area contributed by atoms with Crippen LogP contribution in [0.5, 0.6) is 5.75 Å². The van der Waals surface area contributed by atoms with Crippen molar-refractivity contribution in [1.82, 2.24) is 4.90 Å². The molecule has 1 saturated carbocycles. The van der Waals surface area contributed by atoms with Crippen molar-refractivity contribution in [3.05, 3.63) is 29.8 Å². The van der Waals surface area contributed by atoms with E-state index in [2.05, 4.69) is 24.8 Å². The van der Waals surface area contributed by atoms with Crippen LogP contribution in [0, 0.1) is 5.92 Å². The zero-order valence-corrected chi connectivity index (χ0v) is 16.0. The summed E-state index contributed by atoms with van der Waals surface area (Å²) in [6, 6.07) is 7.98. The molecule has 1 atom stereocenters. The summed E-state index contributed by atoms with van der Waals surface area (Å²) >= 11 is 0. The largest absolute Gasteiger partial charge is 0.508 e. The lowest BCUT2D eigenvalue weighted by Gasteiger charge is -2.29. The molecule has 3 nitrogen and oxygen atoms in total. The minimum Gasteiger partial charge on any atom is -0.508 e. The smallest absolute Gasteiger partial charge is 0.136 e. The van der Waals surface area contributed by atoms with E-state index in [1.807, 2.05) is 12.1 Å². The third-order valence-electron chi connectivity index (χ3n) is 5.50. The quantitative estimate of drug-likeness (QED) is 0.651. The Morgan fingerprint density at radius 2 is 2.00 bits per heavy atom. The molecular weight excluding hydrogens is 310 g/mol. The van der Waals surface area contributed by atoms with Crippen LogP contribution >= 0.6 is 0 Å². The number of phenolic OH excluding ortho intramolecular Hbond substituents is 1. The Bertz CT molecular complexity index is 523. The van der Waals surface area contributed by atoms with Gasteiger partial charge in [0, 0.05) is 18.4 Å². The van der Waals surface area contributed by atoms with Crippen LogP contribution in [0.15, 0.2) is 24.3 Å². The highest BCUT2D eigenvalue weighted by Crippen LogP contribution is 2.25. The van der Waals surface area contributed by atoms with Gasteiger partial charge in [0.05, 0.1) is 0 Å². The van der Waals surface area contributed by atoms with Gasteiger partial charge in [0.25, 0.3) is 0 Å². The topological polar surface area (TPSA) is 40.5 Å². The first-order valence-corrected chi connectivity index (χ1v) is 10.1. The lowest BCUT2D eigenvalue weighted by molar-refractivity contribution is -0.124. The standard InChI is InChI=1S/C22H35NO2/c1-3-14-23(18(2)16-19-9-7-12-21(24)17-19)15-8-13-22(25)20-10-5-4-6-11-20/h7,9,12,17-18,20,24H,3-6,8,10-11,13-16H2,1-2H3. The molecule has 1 N–H and O–H groups in total. The van der Waals surface area contributed by atoms with Crippen molar-refractivity contribution in [3.63, 3.8) is 0 Å². The highest BCUT2D eigenvalue weighted by Gasteiger charge is 2.21. The maximum Gasteiger partial charge on any atom is 0.136 e. The van der Waals surface area contributed by atoms with Gasteiger partial charge in [-0.1, -0.05) is 38.3 Å². The van der Waals surface area contributed by atoms with E-state index in [9.17, 15) is 9.90 Å². The van der Waals surface area contributed by atoms with Crippen LogP contribution in [0.4, 0.5) is 0 Å². The lowest BCUT2D eigenvalue weighted by atomic mass is 9.85. The third-order valence-corrected chi connectivity index (χ3v) is 5.50. The fraction of sp³-hybridized carbons (Fsp3) is 0.682. The molecule has 0 heterocycles. The first kappa shape index (κ1) is 20.0. The molecular formula is C22H35NO2. The zero-order chi connectivity index (χ0) is 18.1. The fourth-order valence-corrected chi connectivity index (χ4v) is 4.08. The van der Waals surface area contributed by atoms with E-state index in [4.69, 9.17) is 0 Å². The zero-order valence-electron chi connectivity index (χ0n) is 16.0. The molecule has 25 heavy (non-hydrogen) atoms. The summed E-state index contributed by atoms with van der Waals surface area (Å²) in [6.45, 7) is 6.52. The Morgan fingerprint density at radius 3 is 2.68 bits per heavy atom. The van der Waals surface area contributed by atoms with Crippen LogP contribution in [-0.2, 0) is 11.2 Å². The second-order valence-corrected chi connectivity index (χ2v) is 7.66. The maximum atomic E-state index is 12.4. The average Bonchev–Trinajstić information content (AvgIpc) is 2.61. The van der Waals surface area contributed by atoms with E-state index >= 15 is 0 Å². The Balaban J connectivity index is 1.79. The number of ketones is 1. The van der Waals surface area contributed by atoms with E-state index in [1.165, 1.54) is 24.8 Å². The molecule has 1 fully saturated rings. The first-order valence-electron chi connectivity index (χ1n) is 10.1. The summed E-state index contributed by atoms with van der Waals surface area (Å²) in [5.74, 6) is 1.18. The van der Waals surface area contributed by atoms with E-state index in [-0.39, 0.29) is 0 Å². The molecule has 0 spiro atoms. The van der Waals surface area contributed by atoms with Gasteiger partial charge in [0.15, 0.2) is 0 Å². The number of Topliss-reactive ketones (excluding diaryl/α,β-unsaturated/α-hetero) is 1. The fourth-order valence-electron chi connectivity index (χ4n) is 4.08. The number of aromatic hydroxyl groups is 1. The van der Waals surface area contributed by atoms with Crippen molar-refractivity contribution in [2.75, 3.05) is 13.1 Å². The molecule has 1 unspecified atom stereocenters. The predicted molar refractivity (Wildman–Crippen MR) is 104 cm³/mol. The van der Waals surface area contributed by atoms with Crippen molar-refractivity contribution >= 4 is 5.78 Å². The maximum absolute atomic E-state index is 12.4. The van der Waals surface area contributed by atoms with E-state index in [0.717, 1.165) is 51.6 Å². The third kappa shape index (κ3) is 6.81. The molecule has 0 amide bonds. The molecule has 1 aliphatic carbocycles. The van der Waals surface area contributed by atoms with Gasteiger partial charge in [-0.05, 0) is 69.8 Å². The Kier molecular flexibility index (Phi) is 8.47. The molecule has 3 heteroatoms. The molecule has 0 aliphatic heterocycles. The van der Waals surface area contributed by atoms with Crippen LogP contribution in [0.3, 0.4) is 0 Å². The summed E-state index contributed by atoms with van der Waals surface area (Å²) in [4.78, 5) is 14.9. The molecule has 0 bridgehead atoms. The number of nitrogens with zero attached hydrogens (tertiary/aromatic N) is 1. The summed E-state index contributed by atoms with van der Waals surface area (Å²) in [7, 11) is 0. The predicted octanol–water partition coefficient (Wildman–Crippen LogP) is 4.96. The summed E-state index contributed by atoms with van der Waals surface area (Å²) in [5, 5.41) is 9.64. The van der Waals surface area contributed by atoms with Gasteiger partial charge in [-0.2, -0.15) is 0 Å². The molecule has 2 rings (SSSR count). The van der Waals surface area contributed by atoms with Crippen molar-refractivity contribution in [2.45, 2.75) is 77.7 Å². The Hall–Kier alpha value is -1.35. The lowest BCUT2D eigenvalue weighted by Crippen LogP contribution is -2.36. The highest BCUT2D eigenvalue weighted by molar-refractivity contribution is 5.81. The van der Waals surface area contributed by atoms with Crippen LogP contribution in [0.2, 0.25) is 0 Å². The van der Waals surface area contributed by atoms with Gasteiger partial charge in [-0.3, -0.25) is 4.79 Å². The van der Waals surface area contributed by atoms with E-state index in [0.29, 0.717) is 23.5 Å². The molecule has 1 aliphatic rings. The second-order valence-electron chi connectivity index (χ2n) is 7.66. The van der Waals surface area contributed by atoms with E-state index < -0.39 is 0 Å². The van der Waals surface area contributed by atoms with Crippen LogP contribution < -0.4 is 0 Å². The van der Waals surface area contributed by atoms with Crippen molar-refractivity contribution < 1.29 is 9.90 Å². The summed E-state index contributed by atoms with van der Waals surface area (Å²) < 4.78 is 0. The Morgan fingerprint density at radius 1 is 1.24 bits per heavy atom. The monoisotopic (exact) mass is 345 g/mol. The molecule has 0 saturated heterocycles. The SMILES string of the molecule is CCCN(CCCC(=O)C1CCCCC1)C(C)Cc1cccc(O)c1. The highest BCUT2D eigenvalue weighted by atomic mass is 16.3. The second kappa shape index (κ2) is 10.6. The van der Waals surface area contributed by atoms with Crippen LogP contribution in [0.25, 0.3) is 0 Å². The minimum absolute atomic E-state index is 0.338. The van der Waals surface area contributed by atoms with Crippen LogP contribution in [0.1, 0.15) is 70.8 Å². The number of carbonyl (C=O) groups is 1. The number of benzene rings is 1. The molecule has 1 aromatic rings. The minimum atomic E-state index is 0.338. The van der Waals surface area contributed by atoms with Crippen molar-refractivity contribution in [1.29, 1.82) is 0 Å². The number of phenols is 1. The average molecular weight is 346 g/mol. The van der Waals surface area contributed by atoms with Crippen LogP contribution in [-0.4, -0.2) is 34.9 Å². The number of carbonyl (C=O) groups excluding carboxylic acids is 1. The molecule has 1 aromatic carbocycles. The van der Waals surface area contributed by atoms with Gasteiger partial charge >= 0.3 is 0 Å². The Labute approximate surface area is 153 Å². The van der Waals surface area contributed by atoms with Crippen molar-refractivity contribution in [2.24, 2.45) is 5.92 Å². The molecule has 0 aromatic heterocycles. The van der Waals surface area contributed by atoms with E-state index in [1.54, 1.807) is 6.07 Å². The van der Waals surface area contributed by atoms with Gasteiger partial charge in [-0.15, -0.1) is 0 Å². The molecule has 0 radical (unpaired) electrons. The first-order chi connectivity index (χ1) is 12.1. The van der Waals surface area contributed by atoms with Gasteiger partial charge in [-0.25, -0.2) is 0 Å². The summed E-state index contributed by atoms with van der Waals surface area (Å²) in [6.07, 6.45) is 9.78. The van der Waals surface area contributed by atoms with Crippen molar-refractivity contribution in [3.8, 4) is 5.75 Å². The normalized spacial score (nSPS) is 16.9. The summed E-state index contributed by atoms with van der Waals surface area (Å²) in [5.41, 5.74) is 1.17. The van der Waals surface area contributed by atoms with Gasteiger partial charge < -0.3 is 10.0 Å². The van der Waals surface area contributed by atoms with Gasteiger partial charge in [0.2, 0.25) is 0 Å². The number of hydrogen-bond acceptors (Lipinski definition) is 3. The number of hydrogen-bond donors (Lipinski definition) is 1. The van der Waals surface area contributed by atoms with Gasteiger partial charge in [0.1, 0.15) is 11.5 Å². The number of rotatable bonds is 10.